The molecule has 1 aliphatic heterocycles. The molecule has 0 unspecified atom stereocenters. The van der Waals surface area contributed by atoms with Crippen LogP contribution in [-0.4, -0.2) is 57.8 Å². The Bertz CT molecular complexity index is 1760. The molecule has 1 saturated heterocycles. The molecule has 0 bridgehead atoms. The van der Waals surface area contributed by atoms with Gasteiger partial charge in [-0.05, 0) is 47.5 Å². The Morgan fingerprint density at radius 1 is 0.548 bits per heavy atom. The maximum Gasteiger partial charge on any atom is 0.286 e. The van der Waals surface area contributed by atoms with E-state index in [-0.39, 0.29) is 0 Å². The molecule has 1 fully saturated rings. The average Bonchev–Trinajstić information content (AvgIpc) is 3.56. The number of hydrogen-bond donors (Lipinski definition) is 0. The molecule has 0 saturated carbocycles. The lowest BCUT2D eigenvalue weighted by Crippen LogP contribution is -2.41. The largest absolute Gasteiger partial charge is 0.293 e. The lowest BCUT2D eigenvalue weighted by Gasteiger charge is -2.31. The quantitative estimate of drug-likeness (QED) is 0.229. The molecular weight excluding hydrogens is 520 g/mol. The third-order valence-corrected chi connectivity index (χ3v) is 8.05. The van der Waals surface area contributed by atoms with E-state index in [1.165, 1.54) is 22.5 Å². The molecule has 208 valence electrons. The third kappa shape index (κ3) is 5.03. The summed E-state index contributed by atoms with van der Waals surface area (Å²) in [6, 6.07) is 29.7. The first-order valence-electron chi connectivity index (χ1n) is 14.3. The maximum absolute atomic E-state index is 4.74. The predicted octanol–water partition coefficient (Wildman–Crippen LogP) is 4.16. The number of aromatic nitrogens is 4. The first-order chi connectivity index (χ1) is 20.6. The number of rotatable bonds is 6. The summed E-state index contributed by atoms with van der Waals surface area (Å²) in [4.78, 5) is 0. The van der Waals surface area contributed by atoms with Gasteiger partial charge in [-0.25, -0.2) is 17.9 Å². The van der Waals surface area contributed by atoms with Crippen molar-refractivity contribution in [3.05, 3.63) is 121 Å². The van der Waals surface area contributed by atoms with Crippen LogP contribution in [-0.2, 0) is 14.1 Å². The highest BCUT2D eigenvalue weighted by Crippen LogP contribution is 2.21. The van der Waals surface area contributed by atoms with E-state index >= 15 is 0 Å². The molecule has 0 atom stereocenters. The highest BCUT2D eigenvalue weighted by molar-refractivity contribution is 5.81. The van der Waals surface area contributed by atoms with Gasteiger partial charge >= 0.3 is 0 Å². The molecule has 42 heavy (non-hydrogen) atoms. The fourth-order valence-corrected chi connectivity index (χ4v) is 5.59. The normalized spacial score (nSPS) is 14.2. The molecule has 0 radical (unpaired) electrons. The summed E-state index contributed by atoms with van der Waals surface area (Å²) in [6.45, 7) is 3.38. The lowest BCUT2D eigenvalue weighted by atomic mass is 10.1. The third-order valence-electron chi connectivity index (χ3n) is 8.05. The Kier molecular flexibility index (Phi) is 6.71. The molecule has 4 aromatic heterocycles. The first kappa shape index (κ1) is 25.7. The van der Waals surface area contributed by atoms with E-state index in [0.29, 0.717) is 0 Å². The summed E-state index contributed by atoms with van der Waals surface area (Å²) < 4.78 is 8.73. The van der Waals surface area contributed by atoms with Crippen LogP contribution in [0.5, 0.6) is 0 Å². The summed E-state index contributed by atoms with van der Waals surface area (Å²) in [5.74, 6) is 0. The Morgan fingerprint density at radius 3 is 1.33 bits per heavy atom. The number of nitrogens with zero attached hydrogens (tertiary/aromatic N) is 8. The number of aryl methyl sites for hydroxylation is 2. The van der Waals surface area contributed by atoms with E-state index in [1.54, 1.807) is 0 Å². The molecule has 0 amide bonds. The van der Waals surface area contributed by atoms with Crippen molar-refractivity contribution in [1.29, 1.82) is 0 Å². The Morgan fingerprint density at radius 2 is 0.952 bits per heavy atom. The summed E-state index contributed by atoms with van der Waals surface area (Å²) in [6.07, 6.45) is 12.4. The van der Waals surface area contributed by atoms with Crippen molar-refractivity contribution in [3.63, 3.8) is 0 Å². The van der Waals surface area contributed by atoms with Crippen LogP contribution in [0.2, 0.25) is 0 Å². The minimum atomic E-state index is 0.844. The molecule has 8 heteroatoms. The predicted molar refractivity (Wildman–Crippen MR) is 166 cm³/mol. The van der Waals surface area contributed by atoms with Crippen molar-refractivity contribution in [2.24, 2.45) is 24.3 Å². The zero-order chi connectivity index (χ0) is 28.5. The van der Waals surface area contributed by atoms with E-state index in [9.17, 15) is 0 Å². The highest BCUT2D eigenvalue weighted by atomic mass is 15.5. The number of hydrazone groups is 2. The Balaban J connectivity index is 0.933. The van der Waals surface area contributed by atoms with Gasteiger partial charge in [-0.15, -0.1) is 0 Å². The van der Waals surface area contributed by atoms with Gasteiger partial charge in [-0.3, -0.25) is 10.0 Å². The van der Waals surface area contributed by atoms with Crippen molar-refractivity contribution < 1.29 is 8.80 Å². The number of fused-ring (bicyclic) bond motifs is 2. The van der Waals surface area contributed by atoms with Gasteiger partial charge in [0.1, 0.15) is 12.4 Å². The molecule has 1 aliphatic rings. The number of hydrogen-bond acceptors (Lipinski definition) is 4. The van der Waals surface area contributed by atoms with Crippen LogP contribution in [0, 0.1) is 0 Å². The highest BCUT2D eigenvalue weighted by Gasteiger charge is 2.17. The van der Waals surface area contributed by atoms with Crippen molar-refractivity contribution in [2.45, 2.75) is 0 Å². The number of imidazole rings is 2. The average molecular weight is 555 g/mol. The summed E-state index contributed by atoms with van der Waals surface area (Å²) in [7, 11) is 4.21. The fourth-order valence-electron chi connectivity index (χ4n) is 5.59. The zero-order valence-electron chi connectivity index (χ0n) is 24.0. The van der Waals surface area contributed by atoms with Gasteiger partial charge in [-0.2, -0.15) is 10.2 Å². The van der Waals surface area contributed by atoms with Crippen molar-refractivity contribution in [1.82, 2.24) is 19.2 Å². The van der Waals surface area contributed by atoms with Gasteiger partial charge in [0.25, 0.3) is 11.3 Å². The van der Waals surface area contributed by atoms with Gasteiger partial charge < -0.3 is 0 Å². The molecule has 6 aromatic rings. The fraction of sp³-hybridized carbons (Fsp3) is 0.176. The van der Waals surface area contributed by atoms with E-state index in [0.717, 1.165) is 48.6 Å². The van der Waals surface area contributed by atoms with E-state index in [1.807, 2.05) is 24.6 Å². The van der Waals surface area contributed by atoms with Gasteiger partial charge in [0, 0.05) is 23.3 Å². The minimum absolute atomic E-state index is 0.844. The van der Waals surface area contributed by atoms with E-state index in [4.69, 9.17) is 10.2 Å². The van der Waals surface area contributed by atoms with E-state index in [2.05, 4.69) is 140 Å². The van der Waals surface area contributed by atoms with Crippen LogP contribution < -0.4 is 8.80 Å². The SMILES string of the molecule is Cn1c(-c2ccc(C=NN3CCN(N=Cc4ccc(-c5c[n+]6ccccc6n5C)cc4)CC3)cc2)c[n+]2ccccc12. The van der Waals surface area contributed by atoms with Crippen LogP contribution in [0.3, 0.4) is 0 Å². The number of piperazine rings is 1. The van der Waals surface area contributed by atoms with Crippen LogP contribution in [0.4, 0.5) is 0 Å². The molecule has 5 heterocycles. The number of pyridine rings is 2. The van der Waals surface area contributed by atoms with Crippen molar-refractivity contribution in [3.8, 4) is 22.5 Å². The van der Waals surface area contributed by atoms with Gasteiger partial charge in [-0.1, -0.05) is 36.4 Å². The van der Waals surface area contributed by atoms with Crippen molar-refractivity contribution >= 4 is 23.7 Å². The second kappa shape index (κ2) is 11.0. The van der Waals surface area contributed by atoms with Gasteiger partial charge in [0.05, 0.1) is 65.1 Å². The van der Waals surface area contributed by atoms with E-state index < -0.39 is 0 Å². The second-order valence-corrected chi connectivity index (χ2v) is 10.7. The maximum atomic E-state index is 4.74. The van der Waals surface area contributed by atoms with Gasteiger partial charge in [0.15, 0.2) is 11.4 Å². The van der Waals surface area contributed by atoms with Crippen LogP contribution in [0.1, 0.15) is 11.1 Å². The molecule has 2 aromatic carbocycles. The van der Waals surface area contributed by atoms with Crippen molar-refractivity contribution in [2.75, 3.05) is 26.2 Å². The topological polar surface area (TPSA) is 49.3 Å². The molecule has 7 rings (SSSR count). The molecule has 0 N–H and O–H groups in total. The molecule has 8 nitrogen and oxygen atoms in total. The smallest absolute Gasteiger partial charge is 0.286 e. The Labute approximate surface area is 245 Å². The monoisotopic (exact) mass is 554 g/mol. The van der Waals surface area contributed by atoms with Gasteiger partial charge in [0.2, 0.25) is 0 Å². The second-order valence-electron chi connectivity index (χ2n) is 10.7. The summed E-state index contributed by atoms with van der Waals surface area (Å²) >= 11 is 0. The lowest BCUT2D eigenvalue weighted by molar-refractivity contribution is -0.510. The molecule has 0 aliphatic carbocycles. The summed E-state index contributed by atoms with van der Waals surface area (Å²) in [5, 5.41) is 13.7. The molecule has 0 spiro atoms. The van der Waals surface area contributed by atoms with Crippen LogP contribution in [0.15, 0.2) is 120 Å². The van der Waals surface area contributed by atoms with Crippen LogP contribution in [0.25, 0.3) is 33.8 Å². The minimum Gasteiger partial charge on any atom is -0.293 e. The Hall–Kier alpha value is -5.24. The number of benzene rings is 2. The zero-order valence-corrected chi connectivity index (χ0v) is 24.0. The first-order valence-corrected chi connectivity index (χ1v) is 14.3. The van der Waals surface area contributed by atoms with Crippen LogP contribution >= 0.6 is 0 Å². The molecular formula is C34H34N8+2. The standard InChI is InChI=1S/C34H34N8/c1-37-31(25-39-17-5-3-7-33(37)39)29-13-9-27(10-14-29)23-35-41-19-21-42(22-20-41)36-24-28-11-15-30(16-12-28)32-26-40-18-6-4-8-34(40)38(32)2/h3-18,23-26H,19-22H2,1-2H3/q+2. The summed E-state index contributed by atoms with van der Waals surface area (Å²) in [5.41, 5.74) is 9.25.